The second kappa shape index (κ2) is 9.69. The van der Waals surface area contributed by atoms with E-state index >= 15 is 0 Å². The van der Waals surface area contributed by atoms with Crippen molar-refractivity contribution in [3.63, 3.8) is 0 Å². The Morgan fingerprint density at radius 1 is 1.48 bits per heavy atom. The van der Waals surface area contributed by atoms with Gasteiger partial charge in [0.05, 0.1) is 24.6 Å². The first-order valence-electron chi connectivity index (χ1n) is 9.60. The van der Waals surface area contributed by atoms with Crippen molar-refractivity contribution in [1.82, 2.24) is 0 Å². The monoisotopic (exact) mass is 378 g/mol. The first-order valence-corrected chi connectivity index (χ1v) is 9.60. The number of methoxy groups -OCH3 is 1. The average molecular weight is 378 g/mol. The third kappa shape index (κ3) is 5.42. The maximum Gasteiger partial charge on any atom is 0.306 e. The van der Waals surface area contributed by atoms with Gasteiger partial charge in [-0.25, -0.2) is 0 Å². The average Bonchev–Trinajstić information content (AvgIpc) is 2.62. The van der Waals surface area contributed by atoms with Gasteiger partial charge < -0.3 is 14.8 Å². The van der Waals surface area contributed by atoms with E-state index in [2.05, 4.69) is 12.2 Å². The molecule has 7 nitrogen and oxygen atoms in total. The summed E-state index contributed by atoms with van der Waals surface area (Å²) in [7, 11) is 1.34. The van der Waals surface area contributed by atoms with E-state index in [1.165, 1.54) is 7.11 Å². The van der Waals surface area contributed by atoms with Gasteiger partial charge in [0, 0.05) is 18.2 Å². The van der Waals surface area contributed by atoms with E-state index < -0.39 is 0 Å². The lowest BCUT2D eigenvalue weighted by Crippen LogP contribution is -2.34. The molecule has 3 atom stereocenters. The molecule has 1 heterocycles. The zero-order valence-corrected chi connectivity index (χ0v) is 16.6. The van der Waals surface area contributed by atoms with Gasteiger partial charge in [-0.2, -0.15) is 0 Å². The van der Waals surface area contributed by atoms with Crippen molar-refractivity contribution in [3.05, 3.63) is 33.4 Å². The number of nitrogens with zero attached hydrogens (tertiary/aromatic N) is 1. The van der Waals surface area contributed by atoms with Gasteiger partial charge in [0.15, 0.2) is 0 Å². The fourth-order valence-electron chi connectivity index (χ4n) is 3.80. The smallest absolute Gasteiger partial charge is 0.306 e. The number of hydrogen-bond acceptors (Lipinski definition) is 6. The van der Waals surface area contributed by atoms with Crippen molar-refractivity contribution < 1.29 is 19.2 Å². The Morgan fingerprint density at radius 3 is 2.85 bits per heavy atom. The second-order valence-electron chi connectivity index (χ2n) is 7.26. The minimum atomic E-state index is -0.338. The summed E-state index contributed by atoms with van der Waals surface area (Å²) >= 11 is 0. The molecule has 27 heavy (non-hydrogen) atoms. The van der Waals surface area contributed by atoms with E-state index in [4.69, 9.17) is 9.47 Å². The van der Waals surface area contributed by atoms with Crippen LogP contribution in [0, 0.1) is 17.0 Å². The Labute approximate surface area is 160 Å². The first-order chi connectivity index (χ1) is 12.9. The lowest BCUT2D eigenvalue weighted by Gasteiger charge is -2.30. The van der Waals surface area contributed by atoms with Gasteiger partial charge in [-0.3, -0.25) is 14.9 Å². The standard InChI is InChI=1S/C20H30N2O5/c1-5-6-16-12-15(9-10-27-16)21-18-8-7-17(13(2)11-19(23)26-4)14(3)20(18)22(24)25/h7-8,13,15-16,21H,5-6,9-12H2,1-4H3. The zero-order valence-electron chi connectivity index (χ0n) is 16.6. The van der Waals surface area contributed by atoms with Crippen molar-refractivity contribution in [2.45, 2.75) is 70.9 Å². The molecule has 1 aliphatic heterocycles. The van der Waals surface area contributed by atoms with Crippen LogP contribution < -0.4 is 5.32 Å². The molecular weight excluding hydrogens is 348 g/mol. The van der Waals surface area contributed by atoms with Crippen molar-refractivity contribution in [3.8, 4) is 0 Å². The molecule has 0 radical (unpaired) electrons. The molecule has 1 aromatic rings. The normalized spacial score (nSPS) is 20.7. The van der Waals surface area contributed by atoms with E-state index in [9.17, 15) is 14.9 Å². The van der Waals surface area contributed by atoms with E-state index in [1.54, 1.807) is 13.0 Å². The maximum absolute atomic E-state index is 11.8. The van der Waals surface area contributed by atoms with Gasteiger partial charge in [0.25, 0.3) is 5.69 Å². The molecule has 3 unspecified atom stereocenters. The van der Waals surface area contributed by atoms with Gasteiger partial charge in [-0.05, 0) is 43.7 Å². The summed E-state index contributed by atoms with van der Waals surface area (Å²) in [6.45, 7) is 6.42. The number of esters is 1. The maximum atomic E-state index is 11.8. The largest absolute Gasteiger partial charge is 0.469 e. The highest BCUT2D eigenvalue weighted by Crippen LogP contribution is 2.36. The second-order valence-corrected chi connectivity index (χ2v) is 7.26. The molecular formula is C20H30N2O5. The van der Waals surface area contributed by atoms with Crippen LogP contribution in [0.5, 0.6) is 0 Å². The van der Waals surface area contributed by atoms with Crippen LogP contribution in [-0.2, 0) is 14.3 Å². The Balaban J connectivity index is 2.23. The molecule has 1 fully saturated rings. The van der Waals surface area contributed by atoms with Crippen LogP contribution in [0.1, 0.15) is 63.0 Å². The minimum Gasteiger partial charge on any atom is -0.469 e. The van der Waals surface area contributed by atoms with Crippen LogP contribution in [0.2, 0.25) is 0 Å². The predicted molar refractivity (Wildman–Crippen MR) is 104 cm³/mol. The van der Waals surface area contributed by atoms with Gasteiger partial charge in [0.2, 0.25) is 0 Å². The van der Waals surface area contributed by atoms with E-state index in [0.717, 1.165) is 31.2 Å². The summed E-state index contributed by atoms with van der Waals surface area (Å²) in [6.07, 6.45) is 4.15. The lowest BCUT2D eigenvalue weighted by atomic mass is 9.91. The van der Waals surface area contributed by atoms with Crippen molar-refractivity contribution in [2.75, 3.05) is 19.0 Å². The zero-order chi connectivity index (χ0) is 20.0. The molecule has 1 aliphatic rings. The predicted octanol–water partition coefficient (Wildman–Crippen LogP) is 4.33. The SMILES string of the molecule is CCCC1CC(Nc2ccc(C(C)CC(=O)OC)c(C)c2[N+](=O)[O-])CCO1. The van der Waals surface area contributed by atoms with Crippen molar-refractivity contribution >= 4 is 17.3 Å². The van der Waals surface area contributed by atoms with Crippen LogP contribution in [0.4, 0.5) is 11.4 Å². The van der Waals surface area contributed by atoms with Crippen LogP contribution in [0.25, 0.3) is 0 Å². The molecule has 0 aliphatic carbocycles. The van der Waals surface area contributed by atoms with Crippen LogP contribution in [-0.4, -0.2) is 36.8 Å². The van der Waals surface area contributed by atoms with Gasteiger partial charge in [-0.15, -0.1) is 0 Å². The van der Waals surface area contributed by atoms with Crippen LogP contribution >= 0.6 is 0 Å². The molecule has 0 saturated carbocycles. The Bertz CT molecular complexity index is 675. The summed E-state index contributed by atoms with van der Waals surface area (Å²) in [4.78, 5) is 23.0. The van der Waals surface area contributed by atoms with E-state index in [0.29, 0.717) is 17.9 Å². The number of benzene rings is 1. The fourth-order valence-corrected chi connectivity index (χ4v) is 3.80. The highest BCUT2D eigenvalue weighted by atomic mass is 16.6. The quantitative estimate of drug-likeness (QED) is 0.411. The number of hydrogen-bond donors (Lipinski definition) is 1. The lowest BCUT2D eigenvalue weighted by molar-refractivity contribution is -0.384. The van der Waals surface area contributed by atoms with E-state index in [-0.39, 0.29) is 41.1 Å². The van der Waals surface area contributed by atoms with E-state index in [1.807, 2.05) is 13.0 Å². The van der Waals surface area contributed by atoms with Gasteiger partial charge in [0.1, 0.15) is 5.69 Å². The number of rotatable bonds is 8. The third-order valence-corrected chi connectivity index (χ3v) is 5.22. The Morgan fingerprint density at radius 2 is 2.22 bits per heavy atom. The van der Waals surface area contributed by atoms with Crippen LogP contribution in [0.3, 0.4) is 0 Å². The van der Waals surface area contributed by atoms with Crippen molar-refractivity contribution in [2.24, 2.45) is 0 Å². The van der Waals surface area contributed by atoms with Gasteiger partial charge >= 0.3 is 5.97 Å². The minimum absolute atomic E-state index is 0.0859. The van der Waals surface area contributed by atoms with Gasteiger partial charge in [-0.1, -0.05) is 26.3 Å². The molecule has 0 aromatic heterocycles. The molecule has 0 spiro atoms. The summed E-state index contributed by atoms with van der Waals surface area (Å²) in [6, 6.07) is 3.80. The summed E-state index contributed by atoms with van der Waals surface area (Å²) in [5.41, 5.74) is 2.02. The number of nitrogens with one attached hydrogen (secondary N) is 1. The van der Waals surface area contributed by atoms with Crippen molar-refractivity contribution in [1.29, 1.82) is 0 Å². The first kappa shape index (κ1) is 21.2. The number of carbonyl (C=O) groups is 1. The summed E-state index contributed by atoms with van der Waals surface area (Å²) in [5, 5.41) is 15.1. The molecule has 0 bridgehead atoms. The Kier molecular flexibility index (Phi) is 7.59. The number of nitro groups is 1. The Hall–Kier alpha value is -2.15. The molecule has 1 saturated heterocycles. The summed E-state index contributed by atoms with van der Waals surface area (Å²) < 4.78 is 10.5. The van der Waals surface area contributed by atoms with Crippen LogP contribution in [0.15, 0.2) is 12.1 Å². The molecule has 1 N–H and O–H groups in total. The third-order valence-electron chi connectivity index (χ3n) is 5.22. The highest BCUT2D eigenvalue weighted by Gasteiger charge is 2.27. The number of carbonyl (C=O) groups excluding carboxylic acids is 1. The summed E-state index contributed by atoms with van der Waals surface area (Å²) in [5.74, 6) is -0.474. The molecule has 7 heteroatoms. The number of anilines is 1. The number of ether oxygens (including phenoxy) is 2. The molecule has 150 valence electrons. The highest BCUT2D eigenvalue weighted by molar-refractivity contribution is 5.72. The fraction of sp³-hybridized carbons (Fsp3) is 0.650. The molecule has 0 amide bonds. The molecule has 1 aromatic carbocycles. The number of nitro benzene ring substituents is 1. The topological polar surface area (TPSA) is 90.7 Å². The molecule has 2 rings (SSSR count).